The number of carbonyl (C=O) groups excluding carboxylic acids is 3. The van der Waals surface area contributed by atoms with Crippen molar-refractivity contribution >= 4 is 23.9 Å². The molecule has 0 saturated heterocycles. The number of anilines is 1. The topological polar surface area (TPSA) is 116 Å². The first-order valence-electron chi connectivity index (χ1n) is 9.98. The van der Waals surface area contributed by atoms with Gasteiger partial charge in [0.1, 0.15) is 17.1 Å². The third-order valence-electron chi connectivity index (χ3n) is 4.74. The van der Waals surface area contributed by atoms with Gasteiger partial charge in [-0.2, -0.15) is 5.10 Å². The van der Waals surface area contributed by atoms with Crippen LogP contribution in [-0.4, -0.2) is 50.0 Å². The molecule has 0 aliphatic carbocycles. The van der Waals surface area contributed by atoms with Crippen molar-refractivity contribution in [3.8, 4) is 0 Å². The fraction of sp³-hybridized carbons (Fsp3) is 0.476. The number of pyridine rings is 1. The smallest absolute Gasteiger partial charge is 0.436 e. The van der Waals surface area contributed by atoms with E-state index in [4.69, 9.17) is 9.47 Å². The lowest BCUT2D eigenvalue weighted by atomic mass is 10.0. The molecule has 0 atom stereocenters. The van der Waals surface area contributed by atoms with Gasteiger partial charge in [-0.3, -0.25) is 14.7 Å². The number of ether oxygens (including phenoxy) is 2. The number of hydrogen-bond acceptors (Lipinski definition) is 7. The van der Waals surface area contributed by atoms with Gasteiger partial charge in [-0.1, -0.05) is 6.07 Å². The molecule has 166 valence electrons. The van der Waals surface area contributed by atoms with Crippen molar-refractivity contribution in [3.63, 3.8) is 0 Å². The van der Waals surface area contributed by atoms with Crippen LogP contribution < -0.4 is 5.32 Å². The van der Waals surface area contributed by atoms with E-state index in [1.54, 1.807) is 59.7 Å². The van der Waals surface area contributed by atoms with Gasteiger partial charge in [0.25, 0.3) is 5.91 Å². The zero-order valence-corrected chi connectivity index (χ0v) is 18.6. The summed E-state index contributed by atoms with van der Waals surface area (Å²) in [5.74, 6) is -0.370. The maximum Gasteiger partial charge on any atom is 0.436 e. The van der Waals surface area contributed by atoms with Gasteiger partial charge in [-0.15, -0.1) is 4.68 Å². The van der Waals surface area contributed by atoms with E-state index in [1.807, 2.05) is 0 Å². The van der Waals surface area contributed by atoms with Crippen LogP contribution in [0.3, 0.4) is 0 Å². The van der Waals surface area contributed by atoms with Crippen LogP contribution in [-0.2, 0) is 21.6 Å². The van der Waals surface area contributed by atoms with Crippen molar-refractivity contribution < 1.29 is 23.9 Å². The highest BCUT2D eigenvalue weighted by molar-refractivity contribution is 6.03. The van der Waals surface area contributed by atoms with Crippen LogP contribution in [0, 0.1) is 0 Å². The van der Waals surface area contributed by atoms with Gasteiger partial charge in [0.2, 0.25) is 0 Å². The Balaban J connectivity index is 2.01. The van der Waals surface area contributed by atoms with Crippen molar-refractivity contribution in [2.75, 3.05) is 11.9 Å². The maximum absolute atomic E-state index is 12.8. The van der Waals surface area contributed by atoms with E-state index in [2.05, 4.69) is 15.4 Å². The SMILES string of the molecule is CCOC(=O)n1nc2c(c1NC(=O)c1ccccn1)CN(C(=O)OC(C)(C)C)C2(C)C. The molecule has 2 aromatic rings. The average Bonchev–Trinajstić information content (AvgIpc) is 3.16. The van der Waals surface area contributed by atoms with E-state index < -0.39 is 29.2 Å². The first-order valence-corrected chi connectivity index (χ1v) is 9.98. The normalized spacial score (nSPS) is 14.7. The van der Waals surface area contributed by atoms with Crippen LogP contribution in [0.1, 0.15) is 63.3 Å². The summed E-state index contributed by atoms with van der Waals surface area (Å²) in [4.78, 5) is 43.6. The number of hydrogen-bond donors (Lipinski definition) is 1. The second-order valence-corrected chi connectivity index (χ2v) is 8.58. The third kappa shape index (κ3) is 4.37. The number of amides is 2. The Bertz CT molecular complexity index is 1010. The highest BCUT2D eigenvalue weighted by Crippen LogP contribution is 2.42. The average molecular weight is 429 g/mol. The molecule has 0 aromatic carbocycles. The van der Waals surface area contributed by atoms with E-state index in [9.17, 15) is 14.4 Å². The van der Waals surface area contributed by atoms with Gasteiger partial charge >= 0.3 is 12.2 Å². The van der Waals surface area contributed by atoms with Crippen molar-refractivity contribution in [3.05, 3.63) is 41.3 Å². The molecular weight excluding hydrogens is 402 g/mol. The van der Waals surface area contributed by atoms with Gasteiger partial charge in [-0.25, -0.2) is 9.59 Å². The molecule has 10 nitrogen and oxygen atoms in total. The molecule has 1 aliphatic heterocycles. The molecule has 31 heavy (non-hydrogen) atoms. The number of nitrogens with one attached hydrogen (secondary N) is 1. The number of rotatable bonds is 3. The molecule has 1 N–H and O–H groups in total. The second kappa shape index (κ2) is 8.01. The molecule has 3 rings (SSSR count). The van der Waals surface area contributed by atoms with Crippen molar-refractivity contribution in [1.29, 1.82) is 0 Å². The first kappa shape index (κ1) is 22.3. The molecule has 2 aromatic heterocycles. The van der Waals surface area contributed by atoms with Crippen LogP contribution in [0.4, 0.5) is 15.4 Å². The molecule has 2 amide bonds. The largest absolute Gasteiger partial charge is 0.448 e. The zero-order chi connectivity index (χ0) is 23.0. The minimum absolute atomic E-state index is 0.106. The number of carbonyl (C=O) groups is 3. The van der Waals surface area contributed by atoms with E-state index in [-0.39, 0.29) is 24.7 Å². The van der Waals surface area contributed by atoms with Crippen LogP contribution in [0.25, 0.3) is 0 Å². The highest BCUT2D eigenvalue weighted by Gasteiger charge is 2.47. The fourth-order valence-electron chi connectivity index (χ4n) is 3.30. The summed E-state index contributed by atoms with van der Waals surface area (Å²) >= 11 is 0. The van der Waals surface area contributed by atoms with E-state index >= 15 is 0 Å². The third-order valence-corrected chi connectivity index (χ3v) is 4.74. The Kier molecular flexibility index (Phi) is 5.75. The quantitative estimate of drug-likeness (QED) is 0.793. The minimum Gasteiger partial charge on any atom is -0.448 e. The molecule has 1 aliphatic rings. The van der Waals surface area contributed by atoms with E-state index in [0.717, 1.165) is 4.68 Å². The van der Waals surface area contributed by atoms with Crippen molar-refractivity contribution in [2.45, 2.75) is 59.2 Å². The van der Waals surface area contributed by atoms with Gasteiger partial charge < -0.3 is 14.8 Å². The summed E-state index contributed by atoms with van der Waals surface area (Å²) in [7, 11) is 0. The number of aromatic nitrogens is 3. The molecular formula is C21H27N5O5. The van der Waals surface area contributed by atoms with Crippen LogP contribution in [0.15, 0.2) is 24.4 Å². The van der Waals surface area contributed by atoms with Crippen molar-refractivity contribution in [2.24, 2.45) is 0 Å². The summed E-state index contributed by atoms with van der Waals surface area (Å²) < 4.78 is 11.6. The fourth-order valence-corrected chi connectivity index (χ4v) is 3.30. The molecule has 0 bridgehead atoms. The molecule has 0 fully saturated rings. The van der Waals surface area contributed by atoms with Crippen LogP contribution in [0.5, 0.6) is 0 Å². The minimum atomic E-state index is -0.875. The molecule has 10 heteroatoms. The number of nitrogens with zero attached hydrogens (tertiary/aromatic N) is 4. The second-order valence-electron chi connectivity index (χ2n) is 8.58. The predicted octanol–water partition coefficient (Wildman–Crippen LogP) is 3.52. The monoisotopic (exact) mass is 429 g/mol. The first-order chi connectivity index (χ1) is 14.5. The van der Waals surface area contributed by atoms with Crippen LogP contribution >= 0.6 is 0 Å². The summed E-state index contributed by atoms with van der Waals surface area (Å²) in [5, 5.41) is 7.11. The highest BCUT2D eigenvalue weighted by atomic mass is 16.6. The Hall–Kier alpha value is -3.43. The molecule has 0 saturated carbocycles. The standard InChI is InChI=1S/C21H27N5O5/c1-7-30-19(29)26-16(23-17(27)14-10-8-9-11-22-14)13-12-25(18(28)31-20(2,3)4)21(5,6)15(13)24-26/h8-11H,7,12H2,1-6H3,(H,23,27). The van der Waals surface area contributed by atoms with Gasteiger partial charge in [0, 0.05) is 11.8 Å². The Morgan fingerprint density at radius 1 is 1.19 bits per heavy atom. The summed E-state index contributed by atoms with van der Waals surface area (Å²) in [6, 6.07) is 4.93. The Morgan fingerprint density at radius 3 is 2.48 bits per heavy atom. The van der Waals surface area contributed by atoms with E-state index in [0.29, 0.717) is 11.3 Å². The lowest BCUT2D eigenvalue weighted by Crippen LogP contribution is -2.44. The van der Waals surface area contributed by atoms with Gasteiger partial charge in [0.05, 0.1) is 24.4 Å². The zero-order valence-electron chi connectivity index (χ0n) is 18.6. The van der Waals surface area contributed by atoms with Gasteiger partial charge in [-0.05, 0) is 53.7 Å². The Labute approximate surface area is 180 Å². The summed E-state index contributed by atoms with van der Waals surface area (Å²) in [6.45, 7) is 10.9. The lowest BCUT2D eigenvalue weighted by molar-refractivity contribution is 0.00442. The predicted molar refractivity (Wildman–Crippen MR) is 112 cm³/mol. The van der Waals surface area contributed by atoms with E-state index in [1.165, 1.54) is 11.1 Å². The molecule has 0 radical (unpaired) electrons. The summed E-state index contributed by atoms with van der Waals surface area (Å²) in [5.41, 5.74) is -0.362. The van der Waals surface area contributed by atoms with Crippen molar-refractivity contribution in [1.82, 2.24) is 19.7 Å². The molecule has 0 spiro atoms. The van der Waals surface area contributed by atoms with Crippen LogP contribution in [0.2, 0.25) is 0 Å². The Morgan fingerprint density at radius 2 is 1.90 bits per heavy atom. The van der Waals surface area contributed by atoms with Gasteiger partial charge in [0.15, 0.2) is 0 Å². The summed E-state index contributed by atoms with van der Waals surface area (Å²) in [6.07, 6.45) is 0.253. The number of fused-ring (bicyclic) bond motifs is 1. The molecule has 3 heterocycles. The maximum atomic E-state index is 12.8. The molecule has 0 unspecified atom stereocenters. The lowest BCUT2D eigenvalue weighted by Gasteiger charge is -2.33.